The minimum atomic E-state index is -0.222. The normalized spacial score (nSPS) is 12.0. The molecule has 1 nitrogen and oxygen atoms in total. The van der Waals surface area contributed by atoms with Crippen LogP contribution in [0.5, 0.6) is 0 Å². The molecule has 0 fully saturated rings. The maximum Gasteiger partial charge on any atom is 0.0753 e. The molecule has 0 aliphatic rings. The highest BCUT2D eigenvalue weighted by Crippen LogP contribution is 2.30. The van der Waals surface area contributed by atoms with Crippen molar-refractivity contribution < 1.29 is 0 Å². The van der Waals surface area contributed by atoms with Crippen LogP contribution >= 0.6 is 23.2 Å². The number of nitriles is 1. The molecule has 0 saturated heterocycles. The molecule has 0 aromatic heterocycles. The standard InChI is InChI=1S/C18H17Cl2N/c1-11-6-12(2)16(13(3)7-11)8-15(10-21)14-4-5-17(19)18(20)9-14/h4-7,9,15H,8H2,1-3H3. The van der Waals surface area contributed by atoms with E-state index in [1.54, 1.807) is 12.1 Å². The molecule has 0 bridgehead atoms. The van der Waals surface area contributed by atoms with Crippen LogP contribution in [0.25, 0.3) is 0 Å². The first-order chi connectivity index (χ1) is 9.92. The third kappa shape index (κ3) is 3.59. The molecular formula is C18H17Cl2N. The summed E-state index contributed by atoms with van der Waals surface area (Å²) in [6, 6.07) is 12.1. The number of benzene rings is 2. The topological polar surface area (TPSA) is 23.8 Å². The first-order valence-corrected chi connectivity index (χ1v) is 7.59. The highest BCUT2D eigenvalue weighted by molar-refractivity contribution is 6.42. The number of hydrogen-bond donors (Lipinski definition) is 0. The summed E-state index contributed by atoms with van der Waals surface area (Å²) in [6.45, 7) is 6.28. The maximum absolute atomic E-state index is 9.51. The summed E-state index contributed by atoms with van der Waals surface area (Å²) in [6.07, 6.45) is 0.687. The Hall–Kier alpha value is -1.49. The zero-order chi connectivity index (χ0) is 15.6. The van der Waals surface area contributed by atoms with Crippen LogP contribution in [-0.4, -0.2) is 0 Å². The number of halogens is 2. The predicted molar refractivity (Wildman–Crippen MR) is 89.2 cm³/mol. The summed E-state index contributed by atoms with van der Waals surface area (Å²) in [4.78, 5) is 0. The van der Waals surface area contributed by atoms with E-state index in [0.717, 1.165) is 5.56 Å². The van der Waals surface area contributed by atoms with Gasteiger partial charge in [0.15, 0.2) is 0 Å². The molecule has 0 aliphatic heterocycles. The van der Waals surface area contributed by atoms with E-state index in [0.29, 0.717) is 16.5 Å². The number of nitrogens with zero attached hydrogens (tertiary/aromatic N) is 1. The van der Waals surface area contributed by atoms with Gasteiger partial charge in [-0.25, -0.2) is 0 Å². The zero-order valence-corrected chi connectivity index (χ0v) is 13.9. The fourth-order valence-corrected chi connectivity index (χ4v) is 3.01. The van der Waals surface area contributed by atoms with Crippen LogP contribution in [0, 0.1) is 32.1 Å². The molecule has 2 rings (SSSR count). The van der Waals surface area contributed by atoms with E-state index < -0.39 is 0 Å². The third-order valence-electron chi connectivity index (χ3n) is 3.75. The predicted octanol–water partition coefficient (Wildman–Crippen LogP) is 5.77. The molecule has 0 heterocycles. The van der Waals surface area contributed by atoms with Crippen molar-refractivity contribution in [3.8, 4) is 6.07 Å². The zero-order valence-electron chi connectivity index (χ0n) is 12.4. The van der Waals surface area contributed by atoms with E-state index in [4.69, 9.17) is 23.2 Å². The second kappa shape index (κ2) is 6.52. The Labute approximate surface area is 136 Å². The van der Waals surface area contributed by atoms with Gasteiger partial charge >= 0.3 is 0 Å². The van der Waals surface area contributed by atoms with E-state index in [2.05, 4.69) is 39.0 Å². The summed E-state index contributed by atoms with van der Waals surface area (Å²) in [5.41, 5.74) is 5.85. The summed E-state index contributed by atoms with van der Waals surface area (Å²) in [7, 11) is 0. The Balaban J connectivity index is 2.36. The fourth-order valence-electron chi connectivity index (χ4n) is 2.70. The molecule has 0 N–H and O–H groups in total. The molecule has 0 aliphatic carbocycles. The first-order valence-electron chi connectivity index (χ1n) is 6.83. The monoisotopic (exact) mass is 317 g/mol. The Bertz CT molecular complexity index is 691. The summed E-state index contributed by atoms with van der Waals surface area (Å²) >= 11 is 12.0. The minimum absolute atomic E-state index is 0.222. The second-order valence-corrected chi connectivity index (χ2v) is 6.25. The van der Waals surface area contributed by atoms with E-state index in [1.165, 1.54) is 22.3 Å². The largest absolute Gasteiger partial charge is 0.198 e. The molecule has 3 heteroatoms. The van der Waals surface area contributed by atoms with Crippen LogP contribution in [-0.2, 0) is 6.42 Å². The lowest BCUT2D eigenvalue weighted by atomic mass is 9.88. The van der Waals surface area contributed by atoms with E-state index in [9.17, 15) is 5.26 Å². The van der Waals surface area contributed by atoms with Crippen LogP contribution in [0.2, 0.25) is 10.0 Å². The van der Waals surface area contributed by atoms with Gasteiger partial charge in [0.05, 0.1) is 22.0 Å². The van der Waals surface area contributed by atoms with Crippen molar-refractivity contribution in [3.05, 3.63) is 68.2 Å². The minimum Gasteiger partial charge on any atom is -0.198 e. The molecule has 1 atom stereocenters. The molecule has 0 amide bonds. The van der Waals surface area contributed by atoms with Crippen LogP contribution in [0.1, 0.15) is 33.7 Å². The van der Waals surface area contributed by atoms with Gasteiger partial charge < -0.3 is 0 Å². The van der Waals surface area contributed by atoms with Gasteiger partial charge in [0.25, 0.3) is 0 Å². The van der Waals surface area contributed by atoms with Gasteiger partial charge in [0.1, 0.15) is 0 Å². The average molecular weight is 318 g/mol. The van der Waals surface area contributed by atoms with E-state index >= 15 is 0 Å². The highest BCUT2D eigenvalue weighted by atomic mass is 35.5. The number of rotatable bonds is 3. The Kier molecular flexibility index (Phi) is 4.93. The van der Waals surface area contributed by atoms with Gasteiger partial charge in [-0.15, -0.1) is 0 Å². The van der Waals surface area contributed by atoms with E-state index in [-0.39, 0.29) is 5.92 Å². The molecule has 0 saturated carbocycles. The smallest absolute Gasteiger partial charge is 0.0753 e. The quantitative estimate of drug-likeness (QED) is 0.705. The Morgan fingerprint density at radius 1 is 1.00 bits per heavy atom. The van der Waals surface area contributed by atoms with Gasteiger partial charge in [-0.2, -0.15) is 5.26 Å². The molecule has 2 aromatic carbocycles. The lowest BCUT2D eigenvalue weighted by Gasteiger charge is -2.15. The highest BCUT2D eigenvalue weighted by Gasteiger charge is 2.16. The molecule has 0 spiro atoms. The van der Waals surface area contributed by atoms with Gasteiger partial charge in [-0.05, 0) is 61.6 Å². The third-order valence-corrected chi connectivity index (χ3v) is 4.49. The van der Waals surface area contributed by atoms with Crippen LogP contribution in [0.15, 0.2) is 30.3 Å². The summed E-state index contributed by atoms with van der Waals surface area (Å²) in [5.74, 6) is -0.222. The van der Waals surface area contributed by atoms with Gasteiger partial charge in [-0.1, -0.05) is 47.0 Å². The first kappa shape index (κ1) is 15.9. The summed E-state index contributed by atoms with van der Waals surface area (Å²) < 4.78 is 0. The van der Waals surface area contributed by atoms with Crippen LogP contribution < -0.4 is 0 Å². The van der Waals surface area contributed by atoms with E-state index in [1.807, 2.05) is 6.07 Å². The SMILES string of the molecule is Cc1cc(C)c(CC(C#N)c2ccc(Cl)c(Cl)c2)c(C)c1. The van der Waals surface area contributed by atoms with Crippen molar-refractivity contribution in [3.63, 3.8) is 0 Å². The molecular weight excluding hydrogens is 301 g/mol. The molecule has 108 valence electrons. The van der Waals surface area contributed by atoms with Crippen LogP contribution in [0.3, 0.4) is 0 Å². The Morgan fingerprint density at radius 2 is 1.62 bits per heavy atom. The van der Waals surface area contributed by atoms with Gasteiger partial charge in [0.2, 0.25) is 0 Å². The molecule has 21 heavy (non-hydrogen) atoms. The van der Waals surface area contributed by atoms with Crippen molar-refractivity contribution >= 4 is 23.2 Å². The average Bonchev–Trinajstić information content (AvgIpc) is 2.41. The number of aryl methyl sites for hydroxylation is 3. The molecule has 0 radical (unpaired) electrons. The second-order valence-electron chi connectivity index (χ2n) is 5.44. The Morgan fingerprint density at radius 3 is 2.14 bits per heavy atom. The van der Waals surface area contributed by atoms with Gasteiger partial charge in [-0.3, -0.25) is 0 Å². The van der Waals surface area contributed by atoms with Crippen LogP contribution in [0.4, 0.5) is 0 Å². The van der Waals surface area contributed by atoms with Crippen molar-refractivity contribution in [1.29, 1.82) is 5.26 Å². The number of hydrogen-bond acceptors (Lipinski definition) is 1. The van der Waals surface area contributed by atoms with Gasteiger partial charge in [0, 0.05) is 0 Å². The maximum atomic E-state index is 9.51. The lowest BCUT2D eigenvalue weighted by molar-refractivity contribution is 0.836. The molecule has 1 unspecified atom stereocenters. The van der Waals surface area contributed by atoms with Crippen molar-refractivity contribution in [2.45, 2.75) is 33.1 Å². The molecule has 2 aromatic rings. The van der Waals surface area contributed by atoms with Crippen molar-refractivity contribution in [2.24, 2.45) is 0 Å². The fraction of sp³-hybridized carbons (Fsp3) is 0.278. The van der Waals surface area contributed by atoms with Crippen molar-refractivity contribution in [1.82, 2.24) is 0 Å². The summed E-state index contributed by atoms with van der Waals surface area (Å²) in [5, 5.41) is 10.5. The lowest BCUT2D eigenvalue weighted by Crippen LogP contribution is -2.04. The van der Waals surface area contributed by atoms with Crippen molar-refractivity contribution in [2.75, 3.05) is 0 Å².